The van der Waals surface area contributed by atoms with E-state index in [9.17, 15) is 0 Å². The maximum Gasteiger partial charge on any atom is 3.00 e. The molecule has 164 valence electrons. The predicted octanol–water partition coefficient (Wildman–Crippen LogP) is 6.50. The fraction of sp³-hybridized carbons (Fsp3) is 0.0476. The molecule has 0 aromatic heterocycles. The van der Waals surface area contributed by atoms with Crippen LogP contribution in [0.1, 0.15) is 11.1 Å². The predicted molar refractivity (Wildman–Crippen MR) is 132 cm³/mol. The van der Waals surface area contributed by atoms with Crippen LogP contribution in [0.3, 0.4) is 0 Å². The standard InChI is InChI=1S/C8H7.2C5H5.3CO.BBr4.2Fe/c1-7-3-5-8(2)6-4-7;2*1-2-4-5-3-1;3*1-2;2-1(3,4)5;;/h3-6H,1H3;2*1-5H;;;;;;/q-1;;;;;;-1;+1;+3. The molecule has 0 unspecified atom stereocenters. The molecule has 3 nitrogen and oxygen atoms in total. The van der Waals surface area contributed by atoms with E-state index in [2.05, 4.69) is 110 Å². The van der Waals surface area contributed by atoms with Gasteiger partial charge in [0.05, 0.1) is 0 Å². The third-order valence-corrected chi connectivity index (χ3v) is 2.58. The van der Waals surface area contributed by atoms with Gasteiger partial charge in [0.15, 0.2) is 0 Å². The molecule has 1 aromatic rings. The number of aryl methyl sites for hydroxylation is 1. The number of rotatable bonds is 1. The normalized spacial score (nSPS) is 12.5. The van der Waals surface area contributed by atoms with Gasteiger partial charge in [-0.05, 0) is 64.2 Å². The van der Waals surface area contributed by atoms with E-state index < -0.39 is 1.44 Å². The summed E-state index contributed by atoms with van der Waals surface area (Å²) in [5, 5.41) is 0. The van der Waals surface area contributed by atoms with Crippen molar-refractivity contribution in [2.45, 2.75) is 6.92 Å². The minimum atomic E-state index is -0.750. The summed E-state index contributed by atoms with van der Waals surface area (Å²) in [6.45, 7) is 15.6. The van der Waals surface area contributed by atoms with E-state index in [1.807, 2.05) is 88.5 Å². The van der Waals surface area contributed by atoms with Crippen molar-refractivity contribution in [3.8, 4) is 0 Å². The van der Waals surface area contributed by atoms with Crippen LogP contribution in [0.25, 0.3) is 0 Å². The van der Waals surface area contributed by atoms with Crippen LogP contribution in [0.2, 0.25) is 0 Å². The van der Waals surface area contributed by atoms with Gasteiger partial charge in [-0.1, -0.05) is 0 Å². The van der Waals surface area contributed by atoms with Crippen molar-refractivity contribution >= 4 is 69.4 Å². The van der Waals surface area contributed by atoms with Crippen LogP contribution in [-0.4, -0.2) is 6.36 Å². The van der Waals surface area contributed by atoms with E-state index in [4.69, 9.17) is 14.0 Å². The molecular formula is C21H17BBr4Fe2O3+2. The van der Waals surface area contributed by atoms with Crippen molar-refractivity contribution in [3.63, 3.8) is 0 Å². The van der Waals surface area contributed by atoms with Crippen LogP contribution in [0.15, 0.2) is 24.3 Å². The van der Waals surface area contributed by atoms with Crippen LogP contribution in [0, 0.1) is 91.1 Å². The van der Waals surface area contributed by atoms with E-state index in [0.29, 0.717) is 0 Å². The summed E-state index contributed by atoms with van der Waals surface area (Å²) >= 11 is 16.3. The fourth-order valence-electron chi connectivity index (χ4n) is 1.25. The van der Waals surface area contributed by atoms with Crippen LogP contribution in [0.4, 0.5) is 0 Å². The zero-order chi connectivity index (χ0) is 24.3. The average Bonchev–Trinajstić information content (AvgIpc) is 3.51. The van der Waals surface area contributed by atoms with Gasteiger partial charge in [0.2, 0.25) is 1.44 Å². The Labute approximate surface area is 240 Å². The second kappa shape index (κ2) is 35.9. The van der Waals surface area contributed by atoms with E-state index in [1.54, 1.807) is 0 Å². The number of hydrogen-bond donors (Lipinski definition) is 0. The van der Waals surface area contributed by atoms with Crippen molar-refractivity contribution < 1.29 is 46.6 Å². The van der Waals surface area contributed by atoms with Crippen molar-refractivity contribution in [2.75, 3.05) is 0 Å². The Morgan fingerprint density at radius 1 is 0.645 bits per heavy atom. The minimum absolute atomic E-state index is 0. The molecule has 0 amide bonds. The molecule has 0 saturated heterocycles. The van der Waals surface area contributed by atoms with E-state index in [0.717, 1.165) is 5.56 Å². The first-order chi connectivity index (χ1) is 14.3. The molecule has 2 aliphatic carbocycles. The van der Waals surface area contributed by atoms with Crippen LogP contribution >= 0.6 is 63.0 Å². The van der Waals surface area contributed by atoms with Crippen LogP contribution in [0.5, 0.6) is 0 Å². The number of halogens is 4. The van der Waals surface area contributed by atoms with Gasteiger partial charge in [-0.3, -0.25) is 0 Å². The summed E-state index contributed by atoms with van der Waals surface area (Å²) in [5.41, 5.74) is 2.33. The van der Waals surface area contributed by atoms with E-state index >= 15 is 0 Å². The third kappa shape index (κ3) is 49.5. The second-order valence-electron chi connectivity index (χ2n) is 4.37. The summed E-state index contributed by atoms with van der Waals surface area (Å²) in [7, 11) is 0. The van der Waals surface area contributed by atoms with Gasteiger partial charge in [0.1, 0.15) is 0 Å². The molecular weight excluding hydrogens is 742 g/mol. The zero-order valence-electron chi connectivity index (χ0n) is 16.1. The first-order valence-electron chi connectivity index (χ1n) is 7.57. The number of hydrogen-bond acceptors (Lipinski definition) is 0. The van der Waals surface area contributed by atoms with Crippen LogP contribution in [-0.2, 0) is 46.6 Å². The molecule has 2 fully saturated rings. The maximum absolute atomic E-state index is 7.50. The van der Waals surface area contributed by atoms with Crippen molar-refractivity contribution in [2.24, 2.45) is 0 Å². The van der Waals surface area contributed by atoms with Gasteiger partial charge in [-0.15, -0.1) is 0 Å². The van der Waals surface area contributed by atoms with Gasteiger partial charge in [-0.2, -0.15) is 0 Å². The number of benzene rings is 1. The van der Waals surface area contributed by atoms with Crippen LogP contribution < -0.4 is 0 Å². The molecule has 11 radical (unpaired) electrons. The Bertz CT molecular complexity index is 495. The molecule has 0 bridgehead atoms. The van der Waals surface area contributed by atoms with Gasteiger partial charge < -0.3 is 63.0 Å². The summed E-state index contributed by atoms with van der Waals surface area (Å²) in [6, 6.07) is 8.10. The Morgan fingerprint density at radius 2 is 0.839 bits per heavy atom. The molecule has 2 aliphatic rings. The Hall–Kier alpha value is 1.33. The summed E-state index contributed by atoms with van der Waals surface area (Å²) < 4.78 is 21.8. The quantitative estimate of drug-likeness (QED) is 0.179. The topological polar surface area (TPSA) is 59.7 Å². The SMILES string of the molecule is Br[B-](Br)(Br)Br.Cc1ccc([C-]=[Fe+])cc1.[C-]#[O+].[C-]#[O+].[C-]#[O+].[CH]1[CH][CH][CH][CH]1.[CH]1[CH][CH][CH][CH]1.[Fe+3]. The summed E-state index contributed by atoms with van der Waals surface area (Å²) in [5.74, 6) is 0. The minimum Gasteiger partial charge on any atom is -0.0312 e. The molecule has 10 heteroatoms. The van der Waals surface area contributed by atoms with Crippen molar-refractivity contribution in [3.05, 3.63) is 120 Å². The van der Waals surface area contributed by atoms with Crippen molar-refractivity contribution in [1.82, 2.24) is 0 Å². The molecule has 0 N–H and O–H groups in total. The molecule has 0 atom stereocenters. The smallest absolute Gasteiger partial charge is 0.0312 e. The monoisotopic (exact) mass is 756 g/mol. The molecule has 0 aliphatic heterocycles. The second-order valence-corrected chi connectivity index (χ2v) is 17.5. The molecule has 1 aromatic carbocycles. The van der Waals surface area contributed by atoms with E-state index in [1.165, 1.54) is 5.56 Å². The third-order valence-electron chi connectivity index (χ3n) is 2.26. The Kier molecular flexibility index (Phi) is 49.2. The van der Waals surface area contributed by atoms with Gasteiger partial charge >= 0.3 is 114 Å². The molecule has 2 saturated carbocycles. The van der Waals surface area contributed by atoms with Gasteiger partial charge in [0.25, 0.3) is 0 Å². The Balaban J connectivity index is -0.0000000911. The molecule has 0 heterocycles. The van der Waals surface area contributed by atoms with E-state index in [-0.39, 0.29) is 17.1 Å². The first kappa shape index (κ1) is 42.5. The fourth-order valence-corrected chi connectivity index (χ4v) is 1.44. The van der Waals surface area contributed by atoms with Gasteiger partial charge in [-0.25, -0.2) is 0 Å². The average molecular weight is 759 g/mol. The maximum atomic E-state index is 7.50. The summed E-state index contributed by atoms with van der Waals surface area (Å²) in [4.78, 5) is 2.80. The molecule has 31 heavy (non-hydrogen) atoms. The van der Waals surface area contributed by atoms with Crippen molar-refractivity contribution in [1.29, 1.82) is 0 Å². The molecule has 3 rings (SSSR count). The summed E-state index contributed by atoms with van der Waals surface area (Å²) in [6.07, 6.45) is 20.0. The van der Waals surface area contributed by atoms with Gasteiger partial charge in [0, 0.05) is 0 Å². The molecule has 0 spiro atoms. The zero-order valence-corrected chi connectivity index (χ0v) is 24.7. The largest absolute Gasteiger partial charge is 3.00 e. The first-order valence-corrected chi connectivity index (χ1v) is 11.8. The Morgan fingerprint density at radius 3 is 1.00 bits per heavy atom.